The summed E-state index contributed by atoms with van der Waals surface area (Å²) in [5.74, 6) is 0.164. The third-order valence-corrected chi connectivity index (χ3v) is 5.33. The summed E-state index contributed by atoms with van der Waals surface area (Å²) in [7, 11) is 0. The van der Waals surface area contributed by atoms with Gasteiger partial charge in [-0.25, -0.2) is 9.97 Å². The predicted molar refractivity (Wildman–Crippen MR) is 123 cm³/mol. The molecule has 3 rings (SSSR count). The number of carbonyl (C=O) groups excluding carboxylic acids is 2. The molecule has 0 radical (unpaired) electrons. The van der Waals surface area contributed by atoms with Crippen LogP contribution in [0.1, 0.15) is 42.7 Å². The van der Waals surface area contributed by atoms with Gasteiger partial charge >= 0.3 is 0 Å². The molecule has 0 spiro atoms. The Balaban J connectivity index is 1.59. The number of carbonyl (C=O) groups is 2. The van der Waals surface area contributed by atoms with Gasteiger partial charge in [-0.15, -0.1) is 0 Å². The van der Waals surface area contributed by atoms with Crippen LogP contribution in [0.4, 0.5) is 11.4 Å². The normalized spacial score (nSPS) is 11.3. The van der Waals surface area contributed by atoms with Crippen LogP contribution in [0.3, 0.4) is 0 Å². The zero-order valence-electron chi connectivity index (χ0n) is 17.5. The van der Waals surface area contributed by atoms with Gasteiger partial charge in [0.1, 0.15) is 11.5 Å². The van der Waals surface area contributed by atoms with E-state index in [1.54, 1.807) is 36.5 Å². The number of aromatic nitrogens is 3. The van der Waals surface area contributed by atoms with Crippen molar-refractivity contribution in [1.29, 1.82) is 0 Å². The van der Waals surface area contributed by atoms with E-state index in [0.29, 0.717) is 26.7 Å². The molecule has 8 nitrogen and oxygen atoms in total. The lowest BCUT2D eigenvalue weighted by molar-refractivity contribution is -0.115. The highest BCUT2D eigenvalue weighted by Gasteiger charge is 2.20. The molecule has 1 aromatic carbocycles. The van der Waals surface area contributed by atoms with E-state index in [-0.39, 0.29) is 29.3 Å². The second-order valence-corrected chi connectivity index (χ2v) is 9.37. The van der Waals surface area contributed by atoms with Crippen molar-refractivity contribution in [2.45, 2.75) is 37.8 Å². The molecule has 10 heteroatoms. The SMILES string of the molecule is CSc1ncc(Br)c(C(=O)Nc2ccc(NC(=O)Cc3cc(C(C)(C)C)on3)cc2)n1. The lowest BCUT2D eigenvalue weighted by Crippen LogP contribution is -2.16. The van der Waals surface area contributed by atoms with Gasteiger partial charge < -0.3 is 15.2 Å². The summed E-state index contributed by atoms with van der Waals surface area (Å²) in [5, 5.41) is 10.1. The van der Waals surface area contributed by atoms with Crippen LogP contribution in [0.2, 0.25) is 0 Å². The Kier molecular flexibility index (Phi) is 7.11. The maximum absolute atomic E-state index is 12.5. The quantitative estimate of drug-likeness (QED) is 0.371. The molecule has 0 aliphatic rings. The van der Waals surface area contributed by atoms with Crippen LogP contribution >= 0.6 is 27.7 Å². The van der Waals surface area contributed by atoms with E-state index in [0.717, 1.165) is 5.76 Å². The number of thioether (sulfide) groups is 1. The average Bonchev–Trinajstić information content (AvgIpc) is 3.18. The lowest BCUT2D eigenvalue weighted by atomic mass is 9.93. The van der Waals surface area contributed by atoms with Crippen LogP contribution in [0.25, 0.3) is 0 Å². The summed E-state index contributed by atoms with van der Waals surface area (Å²) in [6.07, 6.45) is 3.49. The van der Waals surface area contributed by atoms with Crippen LogP contribution in [-0.2, 0) is 16.6 Å². The van der Waals surface area contributed by atoms with Crippen LogP contribution < -0.4 is 10.6 Å². The smallest absolute Gasteiger partial charge is 0.275 e. The molecule has 0 unspecified atom stereocenters. The molecule has 2 heterocycles. The number of amides is 2. The first-order valence-electron chi connectivity index (χ1n) is 9.39. The van der Waals surface area contributed by atoms with E-state index < -0.39 is 0 Å². The fourth-order valence-corrected chi connectivity index (χ4v) is 3.27. The summed E-state index contributed by atoms with van der Waals surface area (Å²) in [5.41, 5.74) is 1.84. The van der Waals surface area contributed by atoms with Crippen molar-refractivity contribution >= 4 is 50.9 Å². The van der Waals surface area contributed by atoms with Crippen molar-refractivity contribution in [2.24, 2.45) is 0 Å². The molecule has 162 valence electrons. The molecular formula is C21H22BrN5O3S. The predicted octanol–water partition coefficient (Wildman–Crippen LogP) is 4.68. The second-order valence-electron chi connectivity index (χ2n) is 7.74. The molecule has 3 aromatic rings. The van der Waals surface area contributed by atoms with Gasteiger partial charge in [0.25, 0.3) is 5.91 Å². The highest BCUT2D eigenvalue weighted by atomic mass is 79.9. The molecular weight excluding hydrogens is 482 g/mol. The van der Waals surface area contributed by atoms with E-state index in [2.05, 4.69) is 41.7 Å². The number of nitrogens with zero attached hydrogens (tertiary/aromatic N) is 3. The van der Waals surface area contributed by atoms with Crippen molar-refractivity contribution in [3.05, 3.63) is 58.1 Å². The minimum atomic E-state index is -0.359. The number of nitrogens with one attached hydrogen (secondary N) is 2. The summed E-state index contributed by atoms with van der Waals surface area (Å²) in [6.45, 7) is 6.05. The molecule has 0 aliphatic heterocycles. The minimum Gasteiger partial charge on any atom is -0.361 e. The highest BCUT2D eigenvalue weighted by Crippen LogP contribution is 2.23. The summed E-state index contributed by atoms with van der Waals surface area (Å²) in [6, 6.07) is 8.61. The number of benzene rings is 1. The minimum absolute atomic E-state index is 0.109. The number of rotatable bonds is 6. The van der Waals surface area contributed by atoms with E-state index in [1.807, 2.05) is 27.0 Å². The van der Waals surface area contributed by atoms with Crippen LogP contribution in [0, 0.1) is 0 Å². The first-order chi connectivity index (χ1) is 14.7. The van der Waals surface area contributed by atoms with E-state index in [9.17, 15) is 9.59 Å². The molecule has 0 bridgehead atoms. The van der Waals surface area contributed by atoms with E-state index in [4.69, 9.17) is 4.52 Å². The highest BCUT2D eigenvalue weighted by molar-refractivity contribution is 9.10. The zero-order valence-corrected chi connectivity index (χ0v) is 19.9. The molecule has 2 N–H and O–H groups in total. The van der Waals surface area contributed by atoms with Crippen LogP contribution in [0.5, 0.6) is 0 Å². The maximum Gasteiger partial charge on any atom is 0.275 e. The van der Waals surface area contributed by atoms with Crippen LogP contribution in [0.15, 0.2) is 50.7 Å². The molecule has 2 aromatic heterocycles. The number of anilines is 2. The largest absolute Gasteiger partial charge is 0.361 e. The third kappa shape index (κ3) is 6.14. The van der Waals surface area contributed by atoms with Gasteiger partial charge in [0.2, 0.25) is 5.91 Å². The summed E-state index contributed by atoms with van der Waals surface area (Å²) < 4.78 is 5.82. The second kappa shape index (κ2) is 9.61. The number of halogens is 1. The fraction of sp³-hybridized carbons (Fsp3) is 0.286. The maximum atomic E-state index is 12.5. The molecule has 0 aliphatic carbocycles. The van der Waals surface area contributed by atoms with Gasteiger partial charge in [-0.3, -0.25) is 9.59 Å². The Hall–Kier alpha value is -2.72. The Bertz CT molecular complexity index is 1090. The molecule has 0 saturated carbocycles. The molecule has 2 amide bonds. The zero-order chi connectivity index (χ0) is 22.6. The summed E-state index contributed by atoms with van der Waals surface area (Å²) in [4.78, 5) is 33.1. The van der Waals surface area contributed by atoms with Crippen molar-refractivity contribution in [2.75, 3.05) is 16.9 Å². The van der Waals surface area contributed by atoms with E-state index in [1.165, 1.54) is 11.8 Å². The summed E-state index contributed by atoms with van der Waals surface area (Å²) >= 11 is 4.65. The van der Waals surface area contributed by atoms with Crippen LogP contribution in [-0.4, -0.2) is 33.2 Å². The van der Waals surface area contributed by atoms with E-state index >= 15 is 0 Å². The van der Waals surface area contributed by atoms with Crippen molar-refractivity contribution in [3.8, 4) is 0 Å². The third-order valence-electron chi connectivity index (χ3n) is 4.19. The Morgan fingerprint density at radius 2 is 1.77 bits per heavy atom. The van der Waals surface area contributed by atoms with Crippen molar-refractivity contribution in [3.63, 3.8) is 0 Å². The standard InChI is InChI=1S/C21H22BrN5O3S/c1-21(2,3)16-9-14(27-30-16)10-17(28)24-12-5-7-13(8-6-12)25-19(29)18-15(22)11-23-20(26-18)31-4/h5-9,11H,10H2,1-4H3,(H,24,28)(H,25,29). The van der Waals surface area contributed by atoms with Gasteiger partial charge in [0.05, 0.1) is 16.6 Å². The van der Waals surface area contributed by atoms with Crippen molar-refractivity contribution < 1.29 is 14.1 Å². The van der Waals surface area contributed by atoms with Crippen molar-refractivity contribution in [1.82, 2.24) is 15.1 Å². The Morgan fingerprint density at radius 3 is 2.35 bits per heavy atom. The van der Waals surface area contributed by atoms with Gasteiger partial charge in [-0.05, 0) is 46.5 Å². The average molecular weight is 504 g/mol. The first kappa shape index (κ1) is 23.0. The first-order valence-corrected chi connectivity index (χ1v) is 11.4. The Labute approximate surface area is 192 Å². The van der Waals surface area contributed by atoms with Gasteiger partial charge in [0, 0.05) is 29.1 Å². The Morgan fingerprint density at radius 1 is 1.13 bits per heavy atom. The van der Waals surface area contributed by atoms with Gasteiger partial charge in [-0.1, -0.05) is 37.7 Å². The molecule has 0 atom stereocenters. The molecule has 0 saturated heterocycles. The number of hydrogen-bond acceptors (Lipinski definition) is 7. The van der Waals surface area contributed by atoms with Gasteiger partial charge in [-0.2, -0.15) is 0 Å². The topological polar surface area (TPSA) is 110 Å². The fourth-order valence-electron chi connectivity index (χ4n) is 2.55. The lowest BCUT2D eigenvalue weighted by Gasteiger charge is -2.12. The molecule has 0 fully saturated rings. The molecule has 31 heavy (non-hydrogen) atoms. The monoisotopic (exact) mass is 503 g/mol. The van der Waals surface area contributed by atoms with Gasteiger partial charge in [0.15, 0.2) is 5.16 Å². The number of hydrogen-bond donors (Lipinski definition) is 2.